The normalized spacial score (nSPS) is 12.0. The molecule has 21 heavy (non-hydrogen) atoms. The van der Waals surface area contributed by atoms with E-state index in [0.29, 0.717) is 11.4 Å². The van der Waals surface area contributed by atoms with Crippen molar-refractivity contribution in [3.63, 3.8) is 0 Å². The smallest absolute Gasteiger partial charge is 0.398 e. The number of aromatic amines is 1. The highest BCUT2D eigenvalue weighted by Crippen LogP contribution is 2.34. The number of anilines is 1. The average molecular weight is 291 g/mol. The molecule has 0 radical (unpaired) electrons. The predicted octanol–water partition coefficient (Wildman–Crippen LogP) is 4.14. The molecule has 3 aromatic rings. The summed E-state index contributed by atoms with van der Waals surface area (Å²) in [4.78, 5) is 7.44. The van der Waals surface area contributed by atoms with Gasteiger partial charge < -0.3 is 10.7 Å². The number of hydrogen-bond donors (Lipinski definition) is 2. The monoisotopic (exact) mass is 291 g/mol. The van der Waals surface area contributed by atoms with E-state index >= 15 is 0 Å². The maximum absolute atomic E-state index is 12.6. The summed E-state index contributed by atoms with van der Waals surface area (Å²) >= 11 is 0. The molecule has 3 rings (SSSR count). The van der Waals surface area contributed by atoms with Gasteiger partial charge in [0, 0.05) is 11.3 Å². The summed E-state index contributed by atoms with van der Waals surface area (Å²) < 4.78 is 37.9. The molecule has 0 aliphatic heterocycles. The van der Waals surface area contributed by atoms with Crippen molar-refractivity contribution in [2.24, 2.45) is 0 Å². The van der Waals surface area contributed by atoms with Crippen molar-refractivity contribution in [2.75, 3.05) is 5.73 Å². The van der Waals surface area contributed by atoms with Crippen LogP contribution in [0.5, 0.6) is 0 Å². The van der Waals surface area contributed by atoms with Crippen LogP contribution in [0.15, 0.2) is 36.4 Å². The van der Waals surface area contributed by atoms with Gasteiger partial charge in [-0.1, -0.05) is 6.07 Å². The number of nitrogens with zero attached hydrogens (tertiary/aromatic N) is 1. The molecule has 2 aromatic carbocycles. The lowest BCUT2D eigenvalue weighted by molar-refractivity contribution is -0.137. The quantitative estimate of drug-likeness (QED) is 0.662. The standard InChI is InChI=1S/C15H12F3N3/c1-8-2-5-12-13(6-8)21-14(20-12)10-4-3-9(7-11(10)19)15(16,17)18/h2-7H,19H2,1H3,(H,20,21). The molecule has 0 spiro atoms. The lowest BCUT2D eigenvalue weighted by atomic mass is 10.1. The molecule has 0 unspecified atom stereocenters. The number of imidazole rings is 1. The van der Waals surface area contributed by atoms with Crippen LogP contribution in [0.2, 0.25) is 0 Å². The van der Waals surface area contributed by atoms with Gasteiger partial charge in [-0.2, -0.15) is 13.2 Å². The van der Waals surface area contributed by atoms with Gasteiger partial charge in [0.2, 0.25) is 0 Å². The minimum absolute atomic E-state index is 0.0422. The maximum atomic E-state index is 12.6. The van der Waals surface area contributed by atoms with Gasteiger partial charge in [0.25, 0.3) is 0 Å². The third-order valence-electron chi connectivity index (χ3n) is 3.27. The van der Waals surface area contributed by atoms with Crippen LogP contribution in [-0.2, 0) is 6.18 Å². The molecule has 1 aromatic heterocycles. The van der Waals surface area contributed by atoms with E-state index in [1.807, 2.05) is 25.1 Å². The Morgan fingerprint density at radius 2 is 1.86 bits per heavy atom. The molecule has 0 atom stereocenters. The Hall–Kier alpha value is -2.50. The molecule has 0 amide bonds. The Bertz CT molecular complexity index is 819. The molecule has 3 N–H and O–H groups in total. The van der Waals surface area contributed by atoms with E-state index < -0.39 is 11.7 Å². The number of rotatable bonds is 1. The van der Waals surface area contributed by atoms with Crippen molar-refractivity contribution < 1.29 is 13.2 Å². The Kier molecular flexibility index (Phi) is 2.90. The average Bonchev–Trinajstić information content (AvgIpc) is 2.80. The molecule has 0 aliphatic carbocycles. The second kappa shape index (κ2) is 4.51. The predicted molar refractivity (Wildman–Crippen MR) is 75.7 cm³/mol. The number of nitrogen functional groups attached to an aromatic ring is 1. The van der Waals surface area contributed by atoms with Crippen LogP contribution >= 0.6 is 0 Å². The van der Waals surface area contributed by atoms with Gasteiger partial charge in [-0.3, -0.25) is 0 Å². The first-order valence-electron chi connectivity index (χ1n) is 6.28. The van der Waals surface area contributed by atoms with Crippen molar-refractivity contribution in [1.82, 2.24) is 9.97 Å². The summed E-state index contributed by atoms with van der Waals surface area (Å²) in [5.74, 6) is 0.460. The van der Waals surface area contributed by atoms with Gasteiger partial charge in [0.05, 0.1) is 16.6 Å². The highest BCUT2D eigenvalue weighted by Gasteiger charge is 2.31. The Balaban J connectivity index is 2.10. The highest BCUT2D eigenvalue weighted by atomic mass is 19.4. The second-order valence-electron chi connectivity index (χ2n) is 4.91. The number of benzene rings is 2. The topological polar surface area (TPSA) is 54.7 Å². The summed E-state index contributed by atoms with van der Waals surface area (Å²) in [6, 6.07) is 8.96. The zero-order valence-corrected chi connectivity index (χ0v) is 11.1. The van der Waals surface area contributed by atoms with Crippen molar-refractivity contribution in [3.05, 3.63) is 47.5 Å². The zero-order valence-electron chi connectivity index (χ0n) is 11.1. The van der Waals surface area contributed by atoms with Crippen molar-refractivity contribution in [1.29, 1.82) is 0 Å². The largest absolute Gasteiger partial charge is 0.416 e. The number of aryl methyl sites for hydroxylation is 1. The number of hydrogen-bond acceptors (Lipinski definition) is 2. The van der Waals surface area contributed by atoms with E-state index in [-0.39, 0.29) is 5.69 Å². The molecule has 0 bridgehead atoms. The summed E-state index contributed by atoms with van der Waals surface area (Å²) in [5.41, 5.74) is 8.11. The highest BCUT2D eigenvalue weighted by molar-refractivity contribution is 5.83. The first-order chi connectivity index (χ1) is 9.84. The maximum Gasteiger partial charge on any atom is 0.416 e. The number of nitrogens with one attached hydrogen (secondary N) is 1. The Morgan fingerprint density at radius 3 is 2.52 bits per heavy atom. The third-order valence-corrected chi connectivity index (χ3v) is 3.27. The van der Waals surface area contributed by atoms with Crippen LogP contribution < -0.4 is 5.73 Å². The number of aromatic nitrogens is 2. The molecular formula is C15H12F3N3. The lowest BCUT2D eigenvalue weighted by Gasteiger charge is -2.09. The minimum atomic E-state index is -4.41. The SMILES string of the molecule is Cc1ccc2nc(-c3ccc(C(F)(F)F)cc3N)[nH]c2c1. The van der Waals surface area contributed by atoms with Crippen LogP contribution in [0.25, 0.3) is 22.4 Å². The fourth-order valence-electron chi connectivity index (χ4n) is 2.21. The van der Waals surface area contributed by atoms with Crippen molar-refractivity contribution in [2.45, 2.75) is 13.1 Å². The number of nitrogens with two attached hydrogens (primary N) is 1. The third kappa shape index (κ3) is 2.44. The molecule has 0 saturated carbocycles. The Morgan fingerprint density at radius 1 is 1.10 bits per heavy atom. The van der Waals surface area contributed by atoms with Crippen LogP contribution in [0.4, 0.5) is 18.9 Å². The molecule has 108 valence electrons. The number of halogens is 3. The van der Waals surface area contributed by atoms with Gasteiger partial charge in [-0.05, 0) is 42.8 Å². The van der Waals surface area contributed by atoms with E-state index in [1.165, 1.54) is 6.07 Å². The second-order valence-corrected chi connectivity index (χ2v) is 4.91. The molecule has 0 saturated heterocycles. The molecule has 0 aliphatic rings. The van der Waals surface area contributed by atoms with Crippen molar-refractivity contribution in [3.8, 4) is 11.4 Å². The van der Waals surface area contributed by atoms with Gasteiger partial charge in [-0.15, -0.1) is 0 Å². The number of H-pyrrole nitrogens is 1. The minimum Gasteiger partial charge on any atom is -0.398 e. The summed E-state index contributed by atoms with van der Waals surface area (Å²) in [6.45, 7) is 1.95. The van der Waals surface area contributed by atoms with Crippen LogP contribution in [0.1, 0.15) is 11.1 Å². The van der Waals surface area contributed by atoms with Crippen LogP contribution in [0.3, 0.4) is 0 Å². The molecule has 0 fully saturated rings. The van der Waals surface area contributed by atoms with E-state index in [4.69, 9.17) is 5.73 Å². The number of fused-ring (bicyclic) bond motifs is 1. The van der Waals surface area contributed by atoms with Crippen molar-refractivity contribution >= 4 is 16.7 Å². The summed E-state index contributed by atoms with van der Waals surface area (Å²) in [6.07, 6.45) is -4.41. The molecular weight excluding hydrogens is 279 g/mol. The fraction of sp³-hybridized carbons (Fsp3) is 0.133. The molecule has 1 heterocycles. The summed E-state index contributed by atoms with van der Waals surface area (Å²) in [5, 5.41) is 0. The van der Waals surface area contributed by atoms with Gasteiger partial charge in [-0.25, -0.2) is 4.98 Å². The first kappa shape index (κ1) is 13.5. The number of alkyl halides is 3. The fourth-order valence-corrected chi connectivity index (χ4v) is 2.21. The van der Waals surface area contributed by atoms with Crippen LogP contribution in [-0.4, -0.2) is 9.97 Å². The summed E-state index contributed by atoms with van der Waals surface area (Å²) in [7, 11) is 0. The van der Waals surface area contributed by atoms with E-state index in [9.17, 15) is 13.2 Å². The van der Waals surface area contributed by atoms with E-state index in [1.54, 1.807) is 0 Å². The van der Waals surface area contributed by atoms with E-state index in [0.717, 1.165) is 28.7 Å². The zero-order chi connectivity index (χ0) is 15.2. The lowest BCUT2D eigenvalue weighted by Crippen LogP contribution is -2.06. The molecule has 3 nitrogen and oxygen atoms in total. The molecule has 6 heteroatoms. The van der Waals surface area contributed by atoms with Gasteiger partial charge >= 0.3 is 6.18 Å². The first-order valence-corrected chi connectivity index (χ1v) is 6.28. The van der Waals surface area contributed by atoms with Gasteiger partial charge in [0.15, 0.2) is 0 Å². The van der Waals surface area contributed by atoms with Crippen LogP contribution in [0, 0.1) is 6.92 Å². The Labute approximate surface area is 118 Å². The van der Waals surface area contributed by atoms with Gasteiger partial charge in [0.1, 0.15) is 5.82 Å². The van der Waals surface area contributed by atoms with E-state index in [2.05, 4.69) is 9.97 Å².